The highest BCUT2D eigenvalue weighted by Crippen LogP contribution is 2.05. The molecule has 0 saturated heterocycles. The molecule has 0 aromatic carbocycles. The lowest BCUT2D eigenvalue weighted by Crippen LogP contribution is -2.07. The maximum absolute atomic E-state index is 4.01. The van der Waals surface area contributed by atoms with E-state index in [2.05, 4.69) is 5.10 Å². The summed E-state index contributed by atoms with van der Waals surface area (Å²) < 4.78 is 1.79. The zero-order chi connectivity index (χ0) is 6.85. The molecule has 1 rings (SSSR count). The average Bonchev–Trinajstić information content (AvgIpc) is 2.14. The van der Waals surface area contributed by atoms with Gasteiger partial charge in [0.25, 0.3) is 0 Å². The molecule has 1 aromatic heterocycles. The van der Waals surface area contributed by atoms with Crippen LogP contribution in [0.25, 0.3) is 0 Å². The fourth-order valence-corrected chi connectivity index (χ4v) is 0.639. The lowest BCUT2D eigenvalue weighted by atomic mass is 10.5. The second kappa shape index (κ2) is 2.09. The van der Waals surface area contributed by atoms with Gasteiger partial charge in [0.05, 0.1) is 11.9 Å². The van der Waals surface area contributed by atoms with Crippen molar-refractivity contribution in [1.82, 2.24) is 9.78 Å². The zero-order valence-corrected chi connectivity index (χ0v) is 6.00. The van der Waals surface area contributed by atoms with E-state index in [1.165, 1.54) is 0 Å². The van der Waals surface area contributed by atoms with E-state index >= 15 is 0 Å². The monoisotopic (exact) mass is 125 g/mol. The van der Waals surface area contributed by atoms with Gasteiger partial charge in [-0.15, -0.1) is 0 Å². The smallest absolute Gasteiger partial charge is 0.0747 e. The first-order valence-corrected chi connectivity index (χ1v) is 2.86. The summed E-state index contributed by atoms with van der Waals surface area (Å²) >= 11 is 0. The van der Waals surface area contributed by atoms with Gasteiger partial charge in [-0.1, -0.05) is 0 Å². The fraction of sp³-hybridized carbons (Fsp3) is 0.500. The van der Waals surface area contributed by atoms with Crippen LogP contribution in [0.2, 0.25) is 0 Å². The molecule has 9 heavy (non-hydrogen) atoms. The van der Waals surface area contributed by atoms with Gasteiger partial charge in [-0.05, 0) is 0 Å². The Morgan fingerprint density at radius 2 is 2.22 bits per heavy atom. The molecule has 0 saturated carbocycles. The molecule has 0 N–H and O–H groups in total. The Bertz CT molecular complexity index is 190. The third kappa shape index (κ3) is 1.22. The largest absolute Gasteiger partial charge is 0.375 e. The summed E-state index contributed by atoms with van der Waals surface area (Å²) in [7, 11) is 5.90. The number of nitrogens with zero attached hydrogens (tertiary/aromatic N) is 3. The topological polar surface area (TPSA) is 21.1 Å². The third-order valence-electron chi connectivity index (χ3n) is 1.21. The molecule has 0 atom stereocenters. The van der Waals surface area contributed by atoms with Gasteiger partial charge in [0.1, 0.15) is 0 Å². The van der Waals surface area contributed by atoms with Crippen LogP contribution in [0, 0.1) is 0 Å². The number of hydrogen-bond donors (Lipinski definition) is 0. The quantitative estimate of drug-likeness (QED) is 0.544. The van der Waals surface area contributed by atoms with Gasteiger partial charge in [0, 0.05) is 27.3 Å². The van der Waals surface area contributed by atoms with Crippen molar-refractivity contribution in [1.29, 1.82) is 0 Å². The summed E-state index contributed by atoms with van der Waals surface area (Å²) in [6.45, 7) is 0. The van der Waals surface area contributed by atoms with Crippen molar-refractivity contribution in [2.75, 3.05) is 19.0 Å². The van der Waals surface area contributed by atoms with Crippen molar-refractivity contribution in [2.24, 2.45) is 7.05 Å². The predicted molar refractivity (Wildman–Crippen MR) is 37.5 cm³/mol. The van der Waals surface area contributed by atoms with Gasteiger partial charge in [0.2, 0.25) is 0 Å². The van der Waals surface area contributed by atoms with Crippen LogP contribution in [0.5, 0.6) is 0 Å². The molecule has 0 bridgehead atoms. The first-order chi connectivity index (χ1) is 4.20. The third-order valence-corrected chi connectivity index (χ3v) is 1.21. The van der Waals surface area contributed by atoms with Crippen molar-refractivity contribution in [2.45, 2.75) is 0 Å². The molecular formula is C6H11N3. The van der Waals surface area contributed by atoms with E-state index in [-0.39, 0.29) is 0 Å². The van der Waals surface area contributed by atoms with Crippen LogP contribution >= 0.6 is 0 Å². The van der Waals surface area contributed by atoms with Gasteiger partial charge in [-0.3, -0.25) is 4.68 Å². The fourth-order valence-electron chi connectivity index (χ4n) is 0.639. The Morgan fingerprint density at radius 3 is 2.44 bits per heavy atom. The Labute approximate surface area is 54.9 Å². The van der Waals surface area contributed by atoms with E-state index in [0.29, 0.717) is 0 Å². The molecule has 1 heterocycles. The normalized spacial score (nSPS) is 9.67. The molecular weight excluding hydrogens is 114 g/mol. The molecule has 1 aromatic rings. The number of anilines is 1. The zero-order valence-electron chi connectivity index (χ0n) is 6.00. The molecule has 0 spiro atoms. The first kappa shape index (κ1) is 6.13. The molecule has 0 aliphatic heterocycles. The molecule has 0 unspecified atom stereocenters. The van der Waals surface area contributed by atoms with Crippen molar-refractivity contribution in [3.63, 3.8) is 0 Å². The average molecular weight is 125 g/mol. The van der Waals surface area contributed by atoms with Gasteiger partial charge in [0.15, 0.2) is 0 Å². The summed E-state index contributed by atoms with van der Waals surface area (Å²) in [5.74, 6) is 0. The Morgan fingerprint density at radius 1 is 1.56 bits per heavy atom. The Balaban J connectivity index is 2.85. The number of aromatic nitrogens is 2. The molecule has 0 radical (unpaired) electrons. The molecule has 0 fully saturated rings. The summed E-state index contributed by atoms with van der Waals surface area (Å²) in [6, 6.07) is 0. The van der Waals surface area contributed by atoms with Crippen LogP contribution in [0.4, 0.5) is 5.69 Å². The van der Waals surface area contributed by atoms with E-state index in [1.807, 2.05) is 38.4 Å². The van der Waals surface area contributed by atoms with Crippen LogP contribution in [0.15, 0.2) is 12.4 Å². The Kier molecular flexibility index (Phi) is 1.42. The Hall–Kier alpha value is -0.990. The maximum atomic E-state index is 4.01. The molecule has 3 heteroatoms. The SMILES string of the molecule is CN(C)c1cnn(C)c1. The first-order valence-electron chi connectivity index (χ1n) is 2.86. The highest BCUT2D eigenvalue weighted by atomic mass is 15.3. The second-order valence-corrected chi connectivity index (χ2v) is 2.27. The van der Waals surface area contributed by atoms with Gasteiger partial charge >= 0.3 is 0 Å². The summed E-state index contributed by atoms with van der Waals surface area (Å²) in [5.41, 5.74) is 1.14. The van der Waals surface area contributed by atoms with Crippen LogP contribution in [0.1, 0.15) is 0 Å². The number of rotatable bonds is 1. The lowest BCUT2D eigenvalue weighted by molar-refractivity contribution is 0.767. The van der Waals surface area contributed by atoms with Crippen molar-refractivity contribution < 1.29 is 0 Å². The van der Waals surface area contributed by atoms with Gasteiger partial charge in [-0.2, -0.15) is 5.10 Å². The molecule has 50 valence electrons. The van der Waals surface area contributed by atoms with Crippen molar-refractivity contribution in [3.8, 4) is 0 Å². The lowest BCUT2D eigenvalue weighted by Gasteiger charge is -2.06. The number of aryl methyl sites for hydroxylation is 1. The van der Waals surface area contributed by atoms with Crippen molar-refractivity contribution >= 4 is 5.69 Å². The van der Waals surface area contributed by atoms with Crippen LogP contribution in [-0.2, 0) is 7.05 Å². The highest BCUT2D eigenvalue weighted by molar-refractivity contribution is 5.39. The molecule has 3 nitrogen and oxygen atoms in total. The van der Waals surface area contributed by atoms with E-state index in [4.69, 9.17) is 0 Å². The number of hydrogen-bond acceptors (Lipinski definition) is 2. The van der Waals surface area contributed by atoms with Crippen LogP contribution < -0.4 is 4.90 Å². The standard InChI is InChI=1S/C6H11N3/c1-8(2)6-4-7-9(3)5-6/h4-5H,1-3H3. The van der Waals surface area contributed by atoms with E-state index in [9.17, 15) is 0 Å². The van der Waals surface area contributed by atoms with Crippen molar-refractivity contribution in [3.05, 3.63) is 12.4 Å². The van der Waals surface area contributed by atoms with E-state index in [1.54, 1.807) is 4.68 Å². The minimum absolute atomic E-state index is 1.14. The highest BCUT2D eigenvalue weighted by Gasteiger charge is 1.94. The second-order valence-electron chi connectivity index (χ2n) is 2.27. The predicted octanol–water partition coefficient (Wildman–Crippen LogP) is 0.486. The molecule has 0 aliphatic carbocycles. The maximum Gasteiger partial charge on any atom is 0.0747 e. The minimum Gasteiger partial charge on any atom is -0.375 e. The molecule has 0 aliphatic rings. The van der Waals surface area contributed by atoms with E-state index < -0.39 is 0 Å². The summed E-state index contributed by atoms with van der Waals surface area (Å²) in [6.07, 6.45) is 3.81. The van der Waals surface area contributed by atoms with Gasteiger partial charge < -0.3 is 4.90 Å². The van der Waals surface area contributed by atoms with Gasteiger partial charge in [-0.25, -0.2) is 0 Å². The van der Waals surface area contributed by atoms with Crippen LogP contribution in [-0.4, -0.2) is 23.9 Å². The molecule has 0 amide bonds. The van der Waals surface area contributed by atoms with E-state index in [0.717, 1.165) is 5.69 Å². The van der Waals surface area contributed by atoms with Crippen LogP contribution in [0.3, 0.4) is 0 Å². The summed E-state index contributed by atoms with van der Waals surface area (Å²) in [4.78, 5) is 2.02. The summed E-state index contributed by atoms with van der Waals surface area (Å²) in [5, 5.41) is 4.01. The minimum atomic E-state index is 1.14.